The summed E-state index contributed by atoms with van der Waals surface area (Å²) in [5, 5.41) is 17.5. The van der Waals surface area contributed by atoms with Gasteiger partial charge in [0.25, 0.3) is 0 Å². The maximum atomic E-state index is 13.1. The van der Waals surface area contributed by atoms with Crippen molar-refractivity contribution in [3.8, 4) is 5.75 Å². The Hall–Kier alpha value is -1.13. The lowest BCUT2D eigenvalue weighted by atomic mass is 10.2. The van der Waals surface area contributed by atoms with E-state index in [2.05, 4.69) is 0 Å². The molecule has 0 radical (unpaired) electrons. The van der Waals surface area contributed by atoms with E-state index < -0.39 is 18.5 Å². The van der Waals surface area contributed by atoms with Crippen LogP contribution >= 0.6 is 0 Å². The predicted octanol–water partition coefficient (Wildman–Crippen LogP) is 0.866. The number of hydrogen-bond donors (Lipinski definition) is 2. The molecule has 1 aromatic carbocycles. The smallest absolute Gasteiger partial charge is 0.165 e. The molecule has 1 unspecified atom stereocenters. The molecule has 0 aliphatic rings. The second-order valence-electron chi connectivity index (χ2n) is 3.08. The van der Waals surface area contributed by atoms with E-state index in [9.17, 15) is 4.39 Å². The minimum atomic E-state index is -0.977. The van der Waals surface area contributed by atoms with Crippen LogP contribution in [0.1, 0.15) is 5.56 Å². The van der Waals surface area contributed by atoms with Crippen LogP contribution in [0, 0.1) is 12.7 Å². The number of halogens is 1. The van der Waals surface area contributed by atoms with Gasteiger partial charge in [0, 0.05) is 0 Å². The quantitative estimate of drug-likeness (QED) is 0.758. The Morgan fingerprint density at radius 2 is 2.21 bits per heavy atom. The first kappa shape index (κ1) is 10.9. The predicted molar refractivity (Wildman–Crippen MR) is 49.7 cm³/mol. The van der Waals surface area contributed by atoms with Crippen LogP contribution in [-0.2, 0) is 0 Å². The number of benzene rings is 1. The molecule has 0 aliphatic carbocycles. The highest BCUT2D eigenvalue weighted by Gasteiger charge is 2.06. The fourth-order valence-corrected chi connectivity index (χ4v) is 0.960. The monoisotopic (exact) mass is 200 g/mol. The summed E-state index contributed by atoms with van der Waals surface area (Å²) < 4.78 is 18.0. The molecule has 0 amide bonds. The molecule has 1 atom stereocenters. The number of aryl methyl sites for hydroxylation is 1. The third kappa shape index (κ3) is 2.97. The first-order chi connectivity index (χ1) is 6.63. The van der Waals surface area contributed by atoms with Gasteiger partial charge in [-0.05, 0) is 24.6 Å². The summed E-state index contributed by atoms with van der Waals surface area (Å²) in [6.45, 7) is 1.30. The summed E-state index contributed by atoms with van der Waals surface area (Å²) in [6.07, 6.45) is -0.977. The van der Waals surface area contributed by atoms with Gasteiger partial charge in [0.2, 0.25) is 0 Å². The molecular weight excluding hydrogens is 187 g/mol. The third-order valence-electron chi connectivity index (χ3n) is 1.73. The molecule has 0 heterocycles. The van der Waals surface area contributed by atoms with Gasteiger partial charge in [0.15, 0.2) is 11.6 Å². The van der Waals surface area contributed by atoms with Crippen molar-refractivity contribution in [3.05, 3.63) is 29.6 Å². The van der Waals surface area contributed by atoms with Crippen molar-refractivity contribution in [2.75, 3.05) is 13.2 Å². The highest BCUT2D eigenvalue weighted by atomic mass is 19.1. The SMILES string of the molecule is Cc1ccc(F)c(OCC(O)CO)c1. The lowest BCUT2D eigenvalue weighted by Crippen LogP contribution is -2.21. The Balaban J connectivity index is 2.62. The third-order valence-corrected chi connectivity index (χ3v) is 1.73. The maximum Gasteiger partial charge on any atom is 0.165 e. The van der Waals surface area contributed by atoms with Crippen molar-refractivity contribution in [2.24, 2.45) is 0 Å². The van der Waals surface area contributed by atoms with E-state index >= 15 is 0 Å². The van der Waals surface area contributed by atoms with E-state index in [1.165, 1.54) is 6.07 Å². The second kappa shape index (κ2) is 4.93. The molecule has 78 valence electrons. The van der Waals surface area contributed by atoms with Crippen LogP contribution in [0.25, 0.3) is 0 Å². The average molecular weight is 200 g/mol. The van der Waals surface area contributed by atoms with Crippen molar-refractivity contribution in [3.63, 3.8) is 0 Å². The zero-order valence-electron chi connectivity index (χ0n) is 7.90. The van der Waals surface area contributed by atoms with Gasteiger partial charge in [0.05, 0.1) is 6.61 Å². The molecule has 1 rings (SSSR count). The Bertz CT molecular complexity index is 301. The van der Waals surface area contributed by atoms with Crippen LogP contribution in [0.5, 0.6) is 5.75 Å². The van der Waals surface area contributed by atoms with Crippen LogP contribution < -0.4 is 4.74 Å². The summed E-state index contributed by atoms with van der Waals surface area (Å²) in [6, 6.07) is 4.47. The number of rotatable bonds is 4. The van der Waals surface area contributed by atoms with Crippen molar-refractivity contribution >= 4 is 0 Å². The molecule has 0 spiro atoms. The minimum Gasteiger partial charge on any atom is -0.488 e. The minimum absolute atomic E-state index is 0.0949. The first-order valence-corrected chi connectivity index (χ1v) is 4.31. The molecule has 0 aliphatic heterocycles. The molecule has 14 heavy (non-hydrogen) atoms. The second-order valence-corrected chi connectivity index (χ2v) is 3.08. The highest BCUT2D eigenvalue weighted by Crippen LogP contribution is 2.18. The Morgan fingerprint density at radius 3 is 2.86 bits per heavy atom. The van der Waals surface area contributed by atoms with Crippen molar-refractivity contribution in [2.45, 2.75) is 13.0 Å². The van der Waals surface area contributed by atoms with Gasteiger partial charge in [-0.2, -0.15) is 0 Å². The molecule has 4 heteroatoms. The van der Waals surface area contributed by atoms with Crippen LogP contribution in [0.4, 0.5) is 4.39 Å². The van der Waals surface area contributed by atoms with Gasteiger partial charge in [-0.1, -0.05) is 6.07 Å². The summed E-state index contributed by atoms with van der Waals surface area (Å²) in [5.74, 6) is -0.377. The van der Waals surface area contributed by atoms with Crippen LogP contribution in [-0.4, -0.2) is 29.5 Å². The van der Waals surface area contributed by atoms with Gasteiger partial charge in [-0.3, -0.25) is 0 Å². The van der Waals surface area contributed by atoms with Gasteiger partial charge < -0.3 is 14.9 Å². The number of aliphatic hydroxyl groups is 2. The summed E-state index contributed by atoms with van der Waals surface area (Å²) >= 11 is 0. The first-order valence-electron chi connectivity index (χ1n) is 4.31. The Kier molecular flexibility index (Phi) is 3.85. The Morgan fingerprint density at radius 1 is 1.50 bits per heavy atom. The zero-order valence-corrected chi connectivity index (χ0v) is 7.90. The van der Waals surface area contributed by atoms with Crippen molar-refractivity contribution < 1.29 is 19.3 Å². The molecule has 0 aromatic heterocycles. The summed E-state index contributed by atoms with van der Waals surface area (Å²) in [5.41, 5.74) is 0.875. The normalized spacial score (nSPS) is 12.6. The summed E-state index contributed by atoms with van der Waals surface area (Å²) in [7, 11) is 0. The Labute approximate surface area is 81.8 Å². The van der Waals surface area contributed by atoms with Gasteiger partial charge in [0.1, 0.15) is 12.7 Å². The molecule has 0 saturated heterocycles. The molecular formula is C10H13FO3. The van der Waals surface area contributed by atoms with Gasteiger partial charge in [-0.15, -0.1) is 0 Å². The number of aliphatic hydroxyl groups excluding tert-OH is 2. The van der Waals surface area contributed by atoms with E-state index in [4.69, 9.17) is 14.9 Å². The zero-order chi connectivity index (χ0) is 10.6. The average Bonchev–Trinajstić information content (AvgIpc) is 2.19. The fraction of sp³-hybridized carbons (Fsp3) is 0.400. The van der Waals surface area contributed by atoms with E-state index in [0.29, 0.717) is 0 Å². The topological polar surface area (TPSA) is 49.7 Å². The van der Waals surface area contributed by atoms with Crippen molar-refractivity contribution in [1.29, 1.82) is 0 Å². The van der Waals surface area contributed by atoms with Crippen LogP contribution in [0.2, 0.25) is 0 Å². The molecule has 0 fully saturated rings. The molecule has 2 N–H and O–H groups in total. The largest absolute Gasteiger partial charge is 0.488 e. The maximum absolute atomic E-state index is 13.1. The summed E-state index contributed by atoms with van der Waals surface area (Å²) in [4.78, 5) is 0. The lowest BCUT2D eigenvalue weighted by molar-refractivity contribution is 0.0523. The van der Waals surface area contributed by atoms with E-state index in [1.54, 1.807) is 12.1 Å². The van der Waals surface area contributed by atoms with Gasteiger partial charge in [-0.25, -0.2) is 4.39 Å². The standard InChI is InChI=1S/C10H13FO3/c1-7-2-3-9(11)10(4-7)14-6-8(13)5-12/h2-4,8,12-13H,5-6H2,1H3. The van der Waals surface area contributed by atoms with E-state index in [0.717, 1.165) is 5.56 Å². The highest BCUT2D eigenvalue weighted by molar-refractivity contribution is 5.29. The van der Waals surface area contributed by atoms with E-state index in [1.807, 2.05) is 6.92 Å². The molecule has 3 nitrogen and oxygen atoms in total. The van der Waals surface area contributed by atoms with Crippen LogP contribution in [0.3, 0.4) is 0 Å². The van der Waals surface area contributed by atoms with E-state index in [-0.39, 0.29) is 12.4 Å². The fourth-order valence-electron chi connectivity index (χ4n) is 0.960. The molecule has 0 bridgehead atoms. The number of ether oxygens (including phenoxy) is 1. The lowest BCUT2D eigenvalue weighted by Gasteiger charge is -2.10. The molecule has 0 saturated carbocycles. The molecule has 1 aromatic rings. The van der Waals surface area contributed by atoms with Gasteiger partial charge >= 0.3 is 0 Å². The number of hydrogen-bond acceptors (Lipinski definition) is 3. The van der Waals surface area contributed by atoms with Crippen LogP contribution in [0.15, 0.2) is 18.2 Å². The van der Waals surface area contributed by atoms with Crippen molar-refractivity contribution in [1.82, 2.24) is 0 Å².